The quantitative estimate of drug-likeness (QED) is 0.330. The maximum absolute atomic E-state index is 12.2. The average Bonchev–Trinajstić information content (AvgIpc) is 3.32. The molecule has 0 aliphatic heterocycles. The summed E-state index contributed by atoms with van der Waals surface area (Å²) in [7, 11) is 0. The largest absolute Gasteiger partial charge is 0.478 e. The molecule has 0 spiro atoms. The minimum atomic E-state index is -0.816. The molecular weight excluding hydrogens is 436 g/mol. The van der Waals surface area contributed by atoms with Crippen molar-refractivity contribution in [1.82, 2.24) is 4.98 Å². The fraction of sp³-hybridized carbons (Fsp3) is 0.308. The van der Waals surface area contributed by atoms with Crippen molar-refractivity contribution >= 4 is 44.0 Å². The van der Waals surface area contributed by atoms with Crippen molar-refractivity contribution in [3.8, 4) is 10.4 Å². The fourth-order valence-electron chi connectivity index (χ4n) is 4.46. The van der Waals surface area contributed by atoms with Crippen LogP contribution in [0.1, 0.15) is 52.2 Å². The number of hydrogen-bond donors (Lipinski definition) is 2. The number of carboxylic acid groups (broad SMARTS) is 1. The Balaban J connectivity index is 1.43. The van der Waals surface area contributed by atoms with Crippen LogP contribution < -0.4 is 5.32 Å². The number of thiazole rings is 1. The molecule has 0 radical (unpaired) electrons. The zero-order valence-corrected chi connectivity index (χ0v) is 20.1. The molecular formula is C26H26N2O2S2. The lowest BCUT2D eigenvalue weighted by atomic mass is 9.76. The molecule has 1 aliphatic rings. The van der Waals surface area contributed by atoms with Gasteiger partial charge in [0.15, 0.2) is 5.13 Å². The number of aromatic carboxylic acids is 1. The molecule has 164 valence electrons. The van der Waals surface area contributed by atoms with E-state index in [4.69, 9.17) is 0 Å². The van der Waals surface area contributed by atoms with Crippen LogP contribution in [0.25, 0.3) is 20.7 Å². The highest BCUT2D eigenvalue weighted by atomic mass is 32.1. The van der Waals surface area contributed by atoms with Crippen LogP contribution in [-0.4, -0.2) is 16.1 Å². The summed E-state index contributed by atoms with van der Waals surface area (Å²) >= 11 is 3.32. The van der Waals surface area contributed by atoms with Crippen molar-refractivity contribution in [2.75, 3.05) is 5.32 Å². The first kappa shape index (κ1) is 21.2. The van der Waals surface area contributed by atoms with E-state index in [1.807, 2.05) is 12.1 Å². The van der Waals surface area contributed by atoms with Crippen LogP contribution in [0.2, 0.25) is 0 Å². The highest BCUT2D eigenvalue weighted by Gasteiger charge is 2.32. The lowest BCUT2D eigenvalue weighted by Crippen LogP contribution is -2.22. The summed E-state index contributed by atoms with van der Waals surface area (Å²) in [5, 5.41) is 14.4. The predicted molar refractivity (Wildman–Crippen MR) is 134 cm³/mol. The van der Waals surface area contributed by atoms with Crippen LogP contribution in [0.5, 0.6) is 0 Å². The summed E-state index contributed by atoms with van der Waals surface area (Å²) in [5.41, 5.74) is 6.04. The van der Waals surface area contributed by atoms with Gasteiger partial charge < -0.3 is 10.4 Å². The Kier molecular flexibility index (Phi) is 5.30. The number of hydrogen-bond acceptors (Lipinski definition) is 5. The van der Waals surface area contributed by atoms with Crippen LogP contribution >= 0.6 is 22.7 Å². The first-order valence-corrected chi connectivity index (χ1v) is 12.5. The first-order valence-electron chi connectivity index (χ1n) is 10.9. The summed E-state index contributed by atoms with van der Waals surface area (Å²) in [6.45, 7) is 7.20. The Labute approximate surface area is 196 Å². The normalized spacial score (nSPS) is 15.0. The summed E-state index contributed by atoms with van der Waals surface area (Å²) in [6, 6.07) is 14.5. The minimum absolute atomic E-state index is 0.150. The molecule has 0 saturated heterocycles. The number of nitrogens with one attached hydrogen (secondary N) is 1. The molecule has 2 aromatic carbocycles. The molecule has 1 aliphatic carbocycles. The molecule has 6 heteroatoms. The van der Waals surface area contributed by atoms with Gasteiger partial charge in [0, 0.05) is 16.3 Å². The van der Waals surface area contributed by atoms with Crippen molar-refractivity contribution in [1.29, 1.82) is 0 Å². The highest BCUT2D eigenvalue weighted by molar-refractivity contribution is 7.22. The van der Waals surface area contributed by atoms with E-state index in [9.17, 15) is 9.90 Å². The van der Waals surface area contributed by atoms with E-state index in [1.54, 1.807) is 22.7 Å². The molecule has 32 heavy (non-hydrogen) atoms. The number of aryl methyl sites for hydroxylation is 2. The van der Waals surface area contributed by atoms with Gasteiger partial charge in [-0.25, -0.2) is 9.78 Å². The molecule has 4 nitrogen and oxygen atoms in total. The second kappa shape index (κ2) is 8.01. The van der Waals surface area contributed by atoms with Gasteiger partial charge >= 0.3 is 5.97 Å². The third-order valence-electron chi connectivity index (χ3n) is 6.17. The average molecular weight is 463 g/mol. The Hall–Kier alpha value is -2.70. The SMILES string of the molecule is Cc1ccc2nc(NCc3cccc(-c4sc5c(c4C(=O)O)CC(C)(C)CC5)c3)sc2c1. The van der Waals surface area contributed by atoms with E-state index >= 15 is 0 Å². The van der Waals surface area contributed by atoms with E-state index in [1.165, 1.54) is 15.1 Å². The summed E-state index contributed by atoms with van der Waals surface area (Å²) < 4.78 is 1.18. The Morgan fingerprint density at radius 2 is 2.03 bits per heavy atom. The number of carbonyl (C=O) groups is 1. The van der Waals surface area contributed by atoms with Crippen molar-refractivity contribution in [3.05, 3.63) is 69.6 Å². The zero-order chi connectivity index (χ0) is 22.5. The van der Waals surface area contributed by atoms with E-state index < -0.39 is 5.97 Å². The summed E-state index contributed by atoms with van der Waals surface area (Å²) in [4.78, 5) is 19.0. The smallest absolute Gasteiger partial charge is 0.337 e. The van der Waals surface area contributed by atoms with Gasteiger partial charge in [0.1, 0.15) is 0 Å². The lowest BCUT2D eigenvalue weighted by Gasteiger charge is -2.29. The van der Waals surface area contributed by atoms with Gasteiger partial charge in [-0.1, -0.05) is 49.4 Å². The van der Waals surface area contributed by atoms with E-state index in [-0.39, 0.29) is 5.41 Å². The number of benzene rings is 2. The highest BCUT2D eigenvalue weighted by Crippen LogP contribution is 2.45. The number of fused-ring (bicyclic) bond motifs is 2. The molecule has 2 N–H and O–H groups in total. The van der Waals surface area contributed by atoms with Gasteiger partial charge in [0.05, 0.1) is 15.8 Å². The van der Waals surface area contributed by atoms with Crippen LogP contribution in [0.15, 0.2) is 42.5 Å². The maximum atomic E-state index is 12.2. The molecule has 0 unspecified atom stereocenters. The first-order chi connectivity index (χ1) is 15.3. The monoisotopic (exact) mass is 462 g/mol. The van der Waals surface area contributed by atoms with E-state index in [0.717, 1.165) is 51.5 Å². The molecule has 5 rings (SSSR count). The van der Waals surface area contributed by atoms with Crippen molar-refractivity contribution in [2.45, 2.75) is 46.6 Å². The van der Waals surface area contributed by atoms with Gasteiger partial charge in [0.25, 0.3) is 0 Å². The Morgan fingerprint density at radius 1 is 1.19 bits per heavy atom. The molecule has 0 atom stereocenters. The van der Waals surface area contributed by atoms with Gasteiger partial charge in [-0.2, -0.15) is 0 Å². The van der Waals surface area contributed by atoms with E-state index in [2.05, 4.69) is 61.4 Å². The van der Waals surface area contributed by atoms with Crippen LogP contribution in [-0.2, 0) is 19.4 Å². The summed E-state index contributed by atoms with van der Waals surface area (Å²) in [6.07, 6.45) is 2.90. The molecule has 0 bridgehead atoms. The number of rotatable bonds is 5. The molecule has 0 saturated carbocycles. The van der Waals surface area contributed by atoms with Crippen LogP contribution in [0.3, 0.4) is 0 Å². The van der Waals surface area contributed by atoms with Gasteiger partial charge in [-0.3, -0.25) is 0 Å². The summed E-state index contributed by atoms with van der Waals surface area (Å²) in [5.74, 6) is -0.816. The van der Waals surface area contributed by atoms with Crippen molar-refractivity contribution < 1.29 is 9.90 Å². The number of anilines is 1. The predicted octanol–water partition coefficient (Wildman–Crippen LogP) is 7.16. The molecule has 4 aromatic rings. The number of nitrogens with zero attached hydrogens (tertiary/aromatic N) is 1. The molecule has 0 amide bonds. The number of carboxylic acids is 1. The van der Waals surface area contributed by atoms with Gasteiger partial charge in [0.2, 0.25) is 0 Å². The second-order valence-electron chi connectivity index (χ2n) is 9.40. The standard InChI is InChI=1S/C26H26N2O2S2/c1-15-7-8-19-21(11-15)32-25(28-19)27-14-16-5-4-6-17(12-16)23-22(24(29)30)18-13-26(2,3)10-9-20(18)31-23/h4-8,11-12H,9-10,13-14H2,1-3H3,(H,27,28)(H,29,30). The van der Waals surface area contributed by atoms with Crippen molar-refractivity contribution in [2.24, 2.45) is 5.41 Å². The molecule has 2 aromatic heterocycles. The third-order valence-corrected chi connectivity index (χ3v) is 8.48. The molecule has 2 heterocycles. The topological polar surface area (TPSA) is 62.2 Å². The maximum Gasteiger partial charge on any atom is 0.337 e. The Bertz CT molecular complexity index is 1330. The second-order valence-corrected chi connectivity index (χ2v) is 11.5. The zero-order valence-electron chi connectivity index (χ0n) is 18.5. The lowest BCUT2D eigenvalue weighted by molar-refractivity contribution is 0.0696. The van der Waals surface area contributed by atoms with Gasteiger partial charge in [-0.05, 0) is 72.1 Å². The van der Waals surface area contributed by atoms with Crippen LogP contribution in [0.4, 0.5) is 5.13 Å². The molecule has 0 fully saturated rings. The number of aromatic nitrogens is 1. The minimum Gasteiger partial charge on any atom is -0.478 e. The van der Waals surface area contributed by atoms with Crippen molar-refractivity contribution in [3.63, 3.8) is 0 Å². The third kappa shape index (κ3) is 4.05. The van der Waals surface area contributed by atoms with E-state index in [0.29, 0.717) is 12.1 Å². The number of thiophene rings is 1. The van der Waals surface area contributed by atoms with Gasteiger partial charge in [-0.15, -0.1) is 11.3 Å². The Morgan fingerprint density at radius 3 is 2.84 bits per heavy atom. The fourth-order valence-corrected chi connectivity index (χ4v) is 6.72. The van der Waals surface area contributed by atoms with Crippen LogP contribution in [0, 0.1) is 12.3 Å².